The molecule has 1 spiro atoms. The van der Waals surface area contributed by atoms with E-state index in [1.165, 1.54) is 5.56 Å². The summed E-state index contributed by atoms with van der Waals surface area (Å²) in [5.74, 6) is -0.520. The van der Waals surface area contributed by atoms with Crippen molar-refractivity contribution in [2.24, 2.45) is 5.73 Å². The van der Waals surface area contributed by atoms with Crippen LogP contribution in [0.25, 0.3) is 0 Å². The van der Waals surface area contributed by atoms with Crippen LogP contribution in [0.15, 0.2) is 54.6 Å². The molecule has 2 fully saturated rings. The highest BCUT2D eigenvalue weighted by Gasteiger charge is 2.49. The smallest absolute Gasteiger partial charge is 0.322 e. The van der Waals surface area contributed by atoms with Crippen molar-refractivity contribution < 1.29 is 9.59 Å². The van der Waals surface area contributed by atoms with Crippen molar-refractivity contribution in [1.29, 1.82) is 0 Å². The van der Waals surface area contributed by atoms with Crippen LogP contribution in [0.2, 0.25) is 0 Å². The number of amides is 3. The summed E-state index contributed by atoms with van der Waals surface area (Å²) in [6.45, 7) is 3.58. The number of nitrogens with two attached hydrogens (primary N) is 1. The summed E-state index contributed by atoms with van der Waals surface area (Å²) in [6, 6.07) is 17.5. The number of benzene rings is 2. The molecular weight excluding hydrogens is 364 g/mol. The third kappa shape index (κ3) is 3.49. The number of nitrogens with zero attached hydrogens (tertiary/aromatic N) is 1. The second-order valence-electron chi connectivity index (χ2n) is 8.16. The molecular formula is C23H28N4O2. The molecule has 4 N–H and O–H groups in total. The minimum Gasteiger partial charge on any atom is -0.366 e. The highest BCUT2D eigenvalue weighted by molar-refractivity contribution is 6.04. The second kappa shape index (κ2) is 7.52. The van der Waals surface area contributed by atoms with Crippen molar-refractivity contribution in [3.05, 3.63) is 65.7 Å². The summed E-state index contributed by atoms with van der Waals surface area (Å²) < 4.78 is 0. The SMILES string of the molecule is CCNC1(c2ccccc2)CCC2(CC1)CN(c1ccccc1C(N)=O)C(=O)N2. The fourth-order valence-corrected chi connectivity index (χ4v) is 4.92. The van der Waals surface area contributed by atoms with Gasteiger partial charge in [-0.05, 0) is 49.9 Å². The van der Waals surface area contributed by atoms with Gasteiger partial charge in [-0.2, -0.15) is 0 Å². The van der Waals surface area contributed by atoms with E-state index < -0.39 is 5.91 Å². The van der Waals surface area contributed by atoms with E-state index in [4.69, 9.17) is 5.73 Å². The van der Waals surface area contributed by atoms with Crippen LogP contribution >= 0.6 is 0 Å². The molecule has 4 rings (SSSR count). The van der Waals surface area contributed by atoms with Crippen LogP contribution in [0.1, 0.15) is 48.5 Å². The van der Waals surface area contributed by atoms with Crippen molar-refractivity contribution in [3.63, 3.8) is 0 Å². The normalized spacial score (nSPS) is 26.5. The molecule has 152 valence electrons. The topological polar surface area (TPSA) is 87.5 Å². The van der Waals surface area contributed by atoms with Crippen LogP contribution in [-0.2, 0) is 5.54 Å². The van der Waals surface area contributed by atoms with Gasteiger partial charge in [0.05, 0.1) is 23.3 Å². The zero-order valence-electron chi connectivity index (χ0n) is 16.8. The molecule has 0 aromatic heterocycles. The summed E-state index contributed by atoms with van der Waals surface area (Å²) in [6.07, 6.45) is 3.62. The van der Waals surface area contributed by atoms with Gasteiger partial charge in [0.1, 0.15) is 0 Å². The monoisotopic (exact) mass is 392 g/mol. The maximum atomic E-state index is 12.8. The van der Waals surface area contributed by atoms with E-state index in [9.17, 15) is 9.59 Å². The van der Waals surface area contributed by atoms with Gasteiger partial charge in [-0.15, -0.1) is 0 Å². The molecule has 1 saturated carbocycles. The average Bonchev–Trinajstić information content (AvgIpc) is 3.07. The van der Waals surface area contributed by atoms with E-state index in [1.54, 1.807) is 23.1 Å². The lowest BCUT2D eigenvalue weighted by atomic mass is 9.69. The lowest BCUT2D eigenvalue weighted by Gasteiger charge is -2.45. The van der Waals surface area contributed by atoms with E-state index >= 15 is 0 Å². The first-order chi connectivity index (χ1) is 14.0. The molecule has 1 saturated heterocycles. The van der Waals surface area contributed by atoms with Crippen LogP contribution in [0.4, 0.5) is 10.5 Å². The highest BCUT2D eigenvalue weighted by atomic mass is 16.2. The first-order valence-corrected chi connectivity index (χ1v) is 10.3. The number of para-hydroxylation sites is 1. The Morgan fingerprint density at radius 2 is 1.72 bits per heavy atom. The van der Waals surface area contributed by atoms with Crippen molar-refractivity contribution in [2.75, 3.05) is 18.0 Å². The summed E-state index contributed by atoms with van der Waals surface area (Å²) in [4.78, 5) is 26.3. The Bertz CT molecular complexity index is 904. The van der Waals surface area contributed by atoms with Crippen molar-refractivity contribution in [3.8, 4) is 0 Å². The number of hydrogen-bond acceptors (Lipinski definition) is 3. The Balaban J connectivity index is 1.56. The Labute approximate surface area is 171 Å². The summed E-state index contributed by atoms with van der Waals surface area (Å²) >= 11 is 0. The van der Waals surface area contributed by atoms with Gasteiger partial charge in [0.25, 0.3) is 5.91 Å². The molecule has 0 atom stereocenters. The van der Waals surface area contributed by atoms with Gasteiger partial charge in [-0.1, -0.05) is 49.4 Å². The lowest BCUT2D eigenvalue weighted by molar-refractivity contribution is 0.100. The molecule has 2 aliphatic rings. The van der Waals surface area contributed by atoms with Gasteiger partial charge < -0.3 is 16.4 Å². The van der Waals surface area contributed by atoms with Crippen LogP contribution in [-0.4, -0.2) is 30.6 Å². The minimum atomic E-state index is -0.520. The Morgan fingerprint density at radius 3 is 2.38 bits per heavy atom. The van der Waals surface area contributed by atoms with Crippen LogP contribution in [0, 0.1) is 0 Å². The molecule has 2 aromatic rings. The number of hydrogen-bond donors (Lipinski definition) is 3. The minimum absolute atomic E-state index is 0.0649. The standard InChI is InChI=1S/C23H28N4O2/c1-2-25-23(17-8-4-3-5-9-17)14-12-22(13-15-23)16-27(21(29)26-22)19-11-7-6-10-18(19)20(24)28/h3-11,25H,2,12-16H2,1H3,(H2,24,28)(H,26,29). The summed E-state index contributed by atoms with van der Waals surface area (Å²) in [7, 11) is 0. The maximum Gasteiger partial charge on any atom is 0.322 e. The fourth-order valence-electron chi connectivity index (χ4n) is 4.92. The van der Waals surface area contributed by atoms with Gasteiger partial charge in [-0.25, -0.2) is 4.79 Å². The van der Waals surface area contributed by atoms with Crippen LogP contribution < -0.4 is 21.3 Å². The molecule has 29 heavy (non-hydrogen) atoms. The predicted octanol–water partition coefficient (Wildman–Crippen LogP) is 3.13. The largest absolute Gasteiger partial charge is 0.366 e. The molecule has 1 aliphatic carbocycles. The molecule has 6 heteroatoms. The number of rotatable bonds is 5. The molecule has 1 heterocycles. The summed E-state index contributed by atoms with van der Waals surface area (Å²) in [5.41, 5.74) is 7.44. The highest BCUT2D eigenvalue weighted by Crippen LogP contribution is 2.44. The molecule has 0 unspecified atom stereocenters. The first-order valence-electron chi connectivity index (χ1n) is 10.3. The number of carbonyl (C=O) groups excluding carboxylic acids is 2. The Morgan fingerprint density at radius 1 is 1.07 bits per heavy atom. The molecule has 2 aromatic carbocycles. The van der Waals surface area contributed by atoms with E-state index in [0.717, 1.165) is 32.2 Å². The molecule has 1 aliphatic heterocycles. The van der Waals surface area contributed by atoms with Gasteiger partial charge in [0, 0.05) is 5.54 Å². The lowest BCUT2D eigenvalue weighted by Crippen LogP contribution is -2.54. The van der Waals surface area contributed by atoms with E-state index in [0.29, 0.717) is 17.8 Å². The van der Waals surface area contributed by atoms with Crippen molar-refractivity contribution in [1.82, 2.24) is 10.6 Å². The quantitative estimate of drug-likeness (QED) is 0.730. The zero-order chi connectivity index (χ0) is 20.5. The molecule has 0 bridgehead atoms. The maximum absolute atomic E-state index is 12.8. The molecule has 0 radical (unpaired) electrons. The number of carbonyl (C=O) groups is 2. The van der Waals surface area contributed by atoms with Crippen LogP contribution in [0.5, 0.6) is 0 Å². The van der Waals surface area contributed by atoms with Gasteiger partial charge in [-0.3, -0.25) is 9.69 Å². The van der Waals surface area contributed by atoms with E-state index in [-0.39, 0.29) is 17.1 Å². The number of urea groups is 1. The van der Waals surface area contributed by atoms with E-state index in [1.807, 2.05) is 12.1 Å². The van der Waals surface area contributed by atoms with Gasteiger partial charge in [0.2, 0.25) is 0 Å². The number of nitrogens with one attached hydrogen (secondary N) is 2. The van der Waals surface area contributed by atoms with E-state index in [2.05, 4.69) is 41.8 Å². The Kier molecular flexibility index (Phi) is 5.04. The van der Waals surface area contributed by atoms with Gasteiger partial charge >= 0.3 is 6.03 Å². The first kappa shape index (κ1) is 19.5. The third-order valence-corrected chi connectivity index (χ3v) is 6.44. The molecule has 3 amide bonds. The van der Waals surface area contributed by atoms with Crippen molar-refractivity contribution in [2.45, 2.75) is 43.7 Å². The van der Waals surface area contributed by atoms with Gasteiger partial charge in [0.15, 0.2) is 0 Å². The van der Waals surface area contributed by atoms with Crippen molar-refractivity contribution >= 4 is 17.6 Å². The predicted molar refractivity (Wildman–Crippen MR) is 114 cm³/mol. The Hall–Kier alpha value is -2.86. The number of anilines is 1. The fraction of sp³-hybridized carbons (Fsp3) is 0.391. The average molecular weight is 393 g/mol. The number of primary amides is 1. The van der Waals surface area contributed by atoms with Crippen LogP contribution in [0.3, 0.4) is 0 Å². The zero-order valence-corrected chi connectivity index (χ0v) is 16.8. The third-order valence-electron chi connectivity index (χ3n) is 6.44. The molecule has 6 nitrogen and oxygen atoms in total. The second-order valence-corrected chi connectivity index (χ2v) is 8.16. The summed E-state index contributed by atoms with van der Waals surface area (Å²) in [5, 5.41) is 6.93.